The van der Waals surface area contributed by atoms with E-state index in [0.717, 1.165) is 12.8 Å². The highest BCUT2D eigenvalue weighted by atomic mass is 16.5. The molecule has 5 heteroatoms. The summed E-state index contributed by atoms with van der Waals surface area (Å²) in [7, 11) is 0. The van der Waals surface area contributed by atoms with Crippen molar-refractivity contribution >= 4 is 5.84 Å². The highest BCUT2D eigenvalue weighted by molar-refractivity contribution is 5.94. The smallest absolute Gasteiger partial charge is 0.244 e. The van der Waals surface area contributed by atoms with Crippen LogP contribution in [0.4, 0.5) is 0 Å². The lowest BCUT2D eigenvalue weighted by Gasteiger charge is -2.38. The monoisotopic (exact) mass is 262 g/mol. The summed E-state index contributed by atoms with van der Waals surface area (Å²) in [5.74, 6) is 0.905. The molecule has 19 heavy (non-hydrogen) atoms. The Kier molecular flexibility index (Phi) is 3.73. The maximum absolute atomic E-state index is 7.51. The molecule has 104 valence electrons. The Bertz CT molecular complexity index is 472. The van der Waals surface area contributed by atoms with E-state index in [1.165, 1.54) is 12.6 Å². The molecule has 1 fully saturated rings. The lowest BCUT2D eigenvalue weighted by Crippen LogP contribution is -2.35. The molecular weight excluding hydrogens is 240 g/mol. The van der Waals surface area contributed by atoms with E-state index in [4.69, 9.17) is 15.9 Å². The van der Waals surface area contributed by atoms with Gasteiger partial charge < -0.3 is 10.5 Å². The summed E-state index contributed by atoms with van der Waals surface area (Å²) in [5.41, 5.74) is 6.11. The van der Waals surface area contributed by atoms with Gasteiger partial charge in [0.2, 0.25) is 5.88 Å². The van der Waals surface area contributed by atoms with Gasteiger partial charge >= 0.3 is 0 Å². The Morgan fingerprint density at radius 1 is 1.37 bits per heavy atom. The summed E-state index contributed by atoms with van der Waals surface area (Å²) in [6.07, 6.45) is 6.43. The fraction of sp³-hybridized carbons (Fsp3) is 0.643. The number of amidine groups is 1. The Morgan fingerprint density at radius 2 is 2.05 bits per heavy atom. The van der Waals surface area contributed by atoms with Crippen molar-refractivity contribution in [2.75, 3.05) is 0 Å². The van der Waals surface area contributed by atoms with Crippen molar-refractivity contribution < 1.29 is 4.74 Å². The average molecular weight is 262 g/mol. The van der Waals surface area contributed by atoms with Crippen molar-refractivity contribution in [1.82, 2.24) is 9.97 Å². The molecule has 0 aromatic carbocycles. The maximum Gasteiger partial charge on any atom is 0.244 e. The summed E-state index contributed by atoms with van der Waals surface area (Å²) >= 11 is 0. The zero-order valence-electron chi connectivity index (χ0n) is 11.8. The van der Waals surface area contributed by atoms with Gasteiger partial charge in [0.1, 0.15) is 11.9 Å². The van der Waals surface area contributed by atoms with Crippen LogP contribution in [-0.2, 0) is 0 Å². The first-order chi connectivity index (χ1) is 8.87. The second kappa shape index (κ2) is 5.15. The van der Waals surface area contributed by atoms with Crippen molar-refractivity contribution in [2.24, 2.45) is 17.1 Å². The number of nitrogens with zero attached hydrogens (tertiary/aromatic N) is 2. The predicted octanol–water partition coefficient (Wildman–Crippen LogP) is 2.35. The summed E-state index contributed by atoms with van der Waals surface area (Å²) in [4.78, 5) is 8.22. The van der Waals surface area contributed by atoms with Crippen LogP contribution in [0.2, 0.25) is 0 Å². The van der Waals surface area contributed by atoms with Crippen LogP contribution in [0.15, 0.2) is 12.4 Å². The lowest BCUT2D eigenvalue weighted by atomic mass is 9.71. The number of nitrogens with one attached hydrogen (secondary N) is 1. The largest absolute Gasteiger partial charge is 0.473 e. The zero-order valence-corrected chi connectivity index (χ0v) is 11.8. The van der Waals surface area contributed by atoms with Gasteiger partial charge in [-0.25, -0.2) is 9.97 Å². The van der Waals surface area contributed by atoms with Crippen LogP contribution in [0.5, 0.6) is 5.88 Å². The molecule has 5 nitrogen and oxygen atoms in total. The van der Waals surface area contributed by atoms with Crippen molar-refractivity contribution in [1.29, 1.82) is 5.41 Å². The normalized spacial score (nSPS) is 25.8. The van der Waals surface area contributed by atoms with E-state index < -0.39 is 0 Å². The molecule has 1 aliphatic rings. The van der Waals surface area contributed by atoms with Crippen molar-refractivity contribution in [2.45, 2.75) is 46.1 Å². The van der Waals surface area contributed by atoms with Gasteiger partial charge in [0, 0.05) is 12.4 Å². The first-order valence-electron chi connectivity index (χ1n) is 6.69. The number of hydrogen-bond donors (Lipinski definition) is 2. The molecule has 2 rings (SSSR count). The van der Waals surface area contributed by atoms with Crippen LogP contribution in [-0.4, -0.2) is 21.9 Å². The molecule has 1 aromatic heterocycles. The number of nitrogens with two attached hydrogens (primary N) is 1. The molecule has 1 aromatic rings. The lowest BCUT2D eigenvalue weighted by molar-refractivity contribution is 0.0528. The first kappa shape index (κ1) is 13.8. The SMILES string of the molecule is CC1CC(Oc2nccnc2C(=N)N)CC(C)(C)C1. The quantitative estimate of drug-likeness (QED) is 0.647. The maximum atomic E-state index is 7.51. The minimum absolute atomic E-state index is 0.105. The zero-order chi connectivity index (χ0) is 14.0. The van der Waals surface area contributed by atoms with Gasteiger partial charge in [-0.2, -0.15) is 0 Å². The van der Waals surface area contributed by atoms with Gasteiger partial charge in [-0.05, 0) is 30.6 Å². The Balaban J connectivity index is 2.15. The molecule has 0 saturated heterocycles. The van der Waals surface area contributed by atoms with Crippen LogP contribution in [0.3, 0.4) is 0 Å². The molecule has 0 radical (unpaired) electrons. The van der Waals surface area contributed by atoms with Crippen LogP contribution in [0.1, 0.15) is 45.7 Å². The first-order valence-corrected chi connectivity index (χ1v) is 6.69. The van der Waals surface area contributed by atoms with Gasteiger partial charge in [0.15, 0.2) is 5.69 Å². The molecule has 0 amide bonds. The number of rotatable bonds is 3. The molecule has 0 bridgehead atoms. The fourth-order valence-electron chi connectivity index (χ4n) is 3.10. The Labute approximate surface area is 114 Å². The summed E-state index contributed by atoms with van der Waals surface area (Å²) in [5, 5.41) is 7.51. The highest BCUT2D eigenvalue weighted by Gasteiger charge is 2.33. The van der Waals surface area contributed by atoms with E-state index in [0.29, 0.717) is 17.5 Å². The van der Waals surface area contributed by atoms with Crippen molar-refractivity contribution in [3.05, 3.63) is 18.1 Å². The third-order valence-electron chi connectivity index (χ3n) is 3.54. The van der Waals surface area contributed by atoms with Crippen molar-refractivity contribution in [3.8, 4) is 5.88 Å². The van der Waals surface area contributed by atoms with E-state index in [9.17, 15) is 0 Å². The highest BCUT2D eigenvalue weighted by Crippen LogP contribution is 2.39. The second-order valence-corrected chi connectivity index (χ2v) is 6.28. The molecule has 0 aliphatic heterocycles. The molecule has 2 unspecified atom stereocenters. The van der Waals surface area contributed by atoms with Crippen LogP contribution in [0.25, 0.3) is 0 Å². The van der Waals surface area contributed by atoms with Gasteiger partial charge in [-0.15, -0.1) is 0 Å². The number of nitrogen functional groups attached to an aromatic ring is 1. The standard InChI is InChI=1S/C14H22N4O/c1-9-6-10(8-14(2,3)7-9)19-13-11(12(15)16)17-4-5-18-13/h4-5,9-10H,6-8H2,1-3H3,(H3,15,16). The van der Waals surface area contributed by atoms with E-state index in [-0.39, 0.29) is 17.4 Å². The number of hydrogen-bond acceptors (Lipinski definition) is 4. The molecule has 1 saturated carbocycles. The molecule has 0 spiro atoms. The summed E-state index contributed by atoms with van der Waals surface area (Å²) < 4.78 is 5.96. The van der Waals surface area contributed by atoms with Gasteiger partial charge in [0.05, 0.1) is 0 Å². The van der Waals surface area contributed by atoms with Crippen molar-refractivity contribution in [3.63, 3.8) is 0 Å². The third kappa shape index (κ3) is 3.43. The van der Waals surface area contributed by atoms with Gasteiger partial charge in [-0.3, -0.25) is 5.41 Å². The Morgan fingerprint density at radius 3 is 2.68 bits per heavy atom. The third-order valence-corrected chi connectivity index (χ3v) is 3.54. The van der Waals surface area contributed by atoms with Crippen LogP contribution >= 0.6 is 0 Å². The predicted molar refractivity (Wildman–Crippen MR) is 74.3 cm³/mol. The van der Waals surface area contributed by atoms with Gasteiger partial charge in [0.25, 0.3) is 0 Å². The molecule has 1 aliphatic carbocycles. The average Bonchev–Trinajstić information content (AvgIpc) is 2.26. The van der Waals surface area contributed by atoms with E-state index >= 15 is 0 Å². The summed E-state index contributed by atoms with van der Waals surface area (Å²) in [6.45, 7) is 6.78. The Hall–Kier alpha value is -1.65. The molecule has 1 heterocycles. The van der Waals surface area contributed by atoms with E-state index in [2.05, 4.69) is 30.7 Å². The second-order valence-electron chi connectivity index (χ2n) is 6.28. The van der Waals surface area contributed by atoms with Crippen LogP contribution < -0.4 is 10.5 Å². The van der Waals surface area contributed by atoms with Gasteiger partial charge in [-0.1, -0.05) is 20.8 Å². The minimum atomic E-state index is -0.105. The van der Waals surface area contributed by atoms with E-state index in [1.807, 2.05) is 0 Å². The molecule has 2 atom stereocenters. The number of ether oxygens (including phenoxy) is 1. The van der Waals surface area contributed by atoms with Crippen LogP contribution in [0, 0.1) is 16.7 Å². The van der Waals surface area contributed by atoms with E-state index in [1.54, 1.807) is 6.20 Å². The molecule has 3 N–H and O–H groups in total. The molecular formula is C14H22N4O. The topological polar surface area (TPSA) is 84.9 Å². The number of aromatic nitrogens is 2. The summed E-state index contributed by atoms with van der Waals surface area (Å²) in [6, 6.07) is 0. The fourth-order valence-corrected chi connectivity index (χ4v) is 3.10. The minimum Gasteiger partial charge on any atom is -0.473 e.